The molecule has 16 heavy (non-hydrogen) atoms. The Morgan fingerprint density at radius 3 is 2.38 bits per heavy atom. The highest BCUT2D eigenvalue weighted by Gasteiger charge is 2.24. The van der Waals surface area contributed by atoms with Gasteiger partial charge in [-0.05, 0) is 18.8 Å². The van der Waals surface area contributed by atoms with Crippen LogP contribution >= 0.6 is 0 Å². The quantitative estimate of drug-likeness (QED) is 0.649. The highest BCUT2D eigenvalue weighted by Crippen LogP contribution is 2.19. The van der Waals surface area contributed by atoms with Gasteiger partial charge in [-0.15, -0.1) is 0 Å². The molecule has 0 aromatic carbocycles. The van der Waals surface area contributed by atoms with Crippen LogP contribution in [0.25, 0.3) is 0 Å². The number of rotatable bonds is 6. The van der Waals surface area contributed by atoms with Crippen molar-refractivity contribution in [1.82, 2.24) is 5.32 Å². The van der Waals surface area contributed by atoms with Crippen LogP contribution in [0.15, 0.2) is 0 Å². The highest BCUT2D eigenvalue weighted by molar-refractivity contribution is 4.82. The Labute approximate surface area is 99.3 Å². The molecule has 3 nitrogen and oxygen atoms in total. The first-order chi connectivity index (χ1) is 7.69. The van der Waals surface area contributed by atoms with Gasteiger partial charge in [-0.3, -0.25) is 0 Å². The van der Waals surface area contributed by atoms with Gasteiger partial charge >= 0.3 is 0 Å². The highest BCUT2D eigenvalue weighted by atomic mass is 16.3. The number of aliphatic hydroxyl groups is 2. The third kappa shape index (κ3) is 4.04. The Hall–Kier alpha value is -0.120. The van der Waals surface area contributed by atoms with E-state index in [0.29, 0.717) is 12.5 Å². The van der Waals surface area contributed by atoms with Crippen LogP contribution in [0, 0.1) is 5.92 Å². The molecular formula is C13H27NO2. The SMILES string of the molecule is CCC(CC)C(O)CN[C@H]1CCCC[C@@H]1O. The maximum Gasteiger partial charge on any atom is 0.0693 e. The molecule has 1 saturated carbocycles. The average Bonchev–Trinajstić information content (AvgIpc) is 2.29. The molecule has 0 saturated heterocycles. The molecule has 3 N–H and O–H groups in total. The van der Waals surface area contributed by atoms with Crippen molar-refractivity contribution in [2.45, 2.75) is 70.6 Å². The van der Waals surface area contributed by atoms with Gasteiger partial charge < -0.3 is 15.5 Å². The minimum atomic E-state index is -0.274. The van der Waals surface area contributed by atoms with Gasteiger partial charge in [0.25, 0.3) is 0 Å². The second-order valence-electron chi connectivity index (χ2n) is 5.01. The fourth-order valence-corrected chi connectivity index (χ4v) is 2.62. The summed E-state index contributed by atoms with van der Waals surface area (Å²) in [7, 11) is 0. The van der Waals surface area contributed by atoms with Crippen molar-refractivity contribution in [3.8, 4) is 0 Å². The van der Waals surface area contributed by atoms with Gasteiger partial charge in [-0.2, -0.15) is 0 Å². The van der Waals surface area contributed by atoms with Crippen molar-refractivity contribution >= 4 is 0 Å². The number of hydrogen-bond donors (Lipinski definition) is 3. The largest absolute Gasteiger partial charge is 0.392 e. The van der Waals surface area contributed by atoms with E-state index in [4.69, 9.17) is 0 Å². The third-order valence-electron chi connectivity index (χ3n) is 3.91. The van der Waals surface area contributed by atoms with Crippen molar-refractivity contribution in [3.05, 3.63) is 0 Å². The molecular weight excluding hydrogens is 202 g/mol. The first-order valence-electron chi connectivity index (χ1n) is 6.78. The minimum Gasteiger partial charge on any atom is -0.392 e. The smallest absolute Gasteiger partial charge is 0.0693 e. The Balaban J connectivity index is 2.26. The van der Waals surface area contributed by atoms with Crippen LogP contribution in [0.2, 0.25) is 0 Å². The standard InChI is InChI=1S/C13H27NO2/c1-3-10(4-2)13(16)9-14-11-7-5-6-8-12(11)15/h10-16H,3-9H2,1-2H3/t11-,12-,13?/m0/s1. The lowest BCUT2D eigenvalue weighted by Gasteiger charge is -2.30. The molecule has 0 bridgehead atoms. The van der Waals surface area contributed by atoms with Crippen LogP contribution in [0.5, 0.6) is 0 Å². The predicted molar refractivity (Wildman–Crippen MR) is 66.3 cm³/mol. The van der Waals surface area contributed by atoms with Gasteiger partial charge in [-0.25, -0.2) is 0 Å². The Kier molecular flexibility index (Phi) is 6.32. The molecule has 1 aliphatic carbocycles. The van der Waals surface area contributed by atoms with Crippen LogP contribution in [0.1, 0.15) is 52.4 Å². The van der Waals surface area contributed by atoms with Crippen molar-refractivity contribution in [2.75, 3.05) is 6.54 Å². The van der Waals surface area contributed by atoms with Crippen LogP contribution in [-0.2, 0) is 0 Å². The van der Waals surface area contributed by atoms with Gasteiger partial charge in [0, 0.05) is 12.6 Å². The molecule has 1 unspecified atom stereocenters. The zero-order chi connectivity index (χ0) is 12.0. The summed E-state index contributed by atoms with van der Waals surface area (Å²) < 4.78 is 0. The van der Waals surface area contributed by atoms with Crippen molar-refractivity contribution in [2.24, 2.45) is 5.92 Å². The summed E-state index contributed by atoms with van der Waals surface area (Å²) in [5.41, 5.74) is 0. The van der Waals surface area contributed by atoms with Crippen LogP contribution in [0.4, 0.5) is 0 Å². The predicted octanol–water partition coefficient (Wildman–Crippen LogP) is 1.68. The molecule has 0 radical (unpaired) electrons. The average molecular weight is 229 g/mol. The molecule has 0 heterocycles. The van der Waals surface area contributed by atoms with Gasteiger partial charge in [0.2, 0.25) is 0 Å². The van der Waals surface area contributed by atoms with Crippen molar-refractivity contribution in [1.29, 1.82) is 0 Å². The van der Waals surface area contributed by atoms with E-state index >= 15 is 0 Å². The number of aliphatic hydroxyl groups excluding tert-OH is 2. The molecule has 0 aliphatic heterocycles. The molecule has 3 atom stereocenters. The van der Waals surface area contributed by atoms with E-state index in [0.717, 1.165) is 32.1 Å². The zero-order valence-corrected chi connectivity index (χ0v) is 10.7. The lowest BCUT2D eigenvalue weighted by Crippen LogP contribution is -2.46. The molecule has 1 aliphatic rings. The molecule has 0 spiro atoms. The van der Waals surface area contributed by atoms with E-state index < -0.39 is 0 Å². The minimum absolute atomic E-state index is 0.192. The van der Waals surface area contributed by atoms with Gasteiger partial charge in [0.1, 0.15) is 0 Å². The fourth-order valence-electron chi connectivity index (χ4n) is 2.62. The summed E-state index contributed by atoms with van der Waals surface area (Å²) in [4.78, 5) is 0. The van der Waals surface area contributed by atoms with Gasteiger partial charge in [0.05, 0.1) is 12.2 Å². The topological polar surface area (TPSA) is 52.5 Å². The molecule has 3 heteroatoms. The van der Waals surface area contributed by atoms with E-state index in [9.17, 15) is 10.2 Å². The lowest BCUT2D eigenvalue weighted by molar-refractivity contribution is 0.0633. The van der Waals surface area contributed by atoms with E-state index in [1.54, 1.807) is 0 Å². The third-order valence-corrected chi connectivity index (χ3v) is 3.91. The normalized spacial score (nSPS) is 28.3. The maximum atomic E-state index is 9.98. The number of nitrogens with one attached hydrogen (secondary N) is 1. The maximum absolute atomic E-state index is 9.98. The molecule has 1 rings (SSSR count). The van der Waals surface area contributed by atoms with E-state index in [-0.39, 0.29) is 18.2 Å². The summed E-state index contributed by atoms with van der Waals surface area (Å²) in [5, 5.41) is 23.1. The second-order valence-corrected chi connectivity index (χ2v) is 5.01. The zero-order valence-electron chi connectivity index (χ0n) is 10.7. The Morgan fingerprint density at radius 2 is 1.81 bits per heavy atom. The second kappa shape index (κ2) is 7.25. The first-order valence-corrected chi connectivity index (χ1v) is 6.78. The van der Waals surface area contributed by atoms with Crippen molar-refractivity contribution in [3.63, 3.8) is 0 Å². The van der Waals surface area contributed by atoms with E-state index in [1.165, 1.54) is 6.42 Å². The molecule has 0 aromatic heterocycles. The Morgan fingerprint density at radius 1 is 1.19 bits per heavy atom. The summed E-state index contributed by atoms with van der Waals surface area (Å²) in [6, 6.07) is 0.192. The summed E-state index contributed by atoms with van der Waals surface area (Å²) >= 11 is 0. The Bertz CT molecular complexity index is 183. The molecule has 0 aromatic rings. The lowest BCUT2D eigenvalue weighted by atomic mass is 9.91. The van der Waals surface area contributed by atoms with E-state index in [1.807, 2.05) is 0 Å². The summed E-state index contributed by atoms with van der Waals surface area (Å²) in [6.45, 7) is 4.85. The van der Waals surface area contributed by atoms with Crippen molar-refractivity contribution < 1.29 is 10.2 Å². The first kappa shape index (κ1) is 13.9. The van der Waals surface area contributed by atoms with Crippen LogP contribution < -0.4 is 5.32 Å². The van der Waals surface area contributed by atoms with E-state index in [2.05, 4.69) is 19.2 Å². The van der Waals surface area contributed by atoms with Crippen LogP contribution in [0.3, 0.4) is 0 Å². The van der Waals surface area contributed by atoms with Gasteiger partial charge in [0.15, 0.2) is 0 Å². The summed E-state index contributed by atoms with van der Waals surface area (Å²) in [6.07, 6.45) is 5.81. The molecule has 1 fully saturated rings. The fraction of sp³-hybridized carbons (Fsp3) is 1.00. The molecule has 96 valence electrons. The monoisotopic (exact) mass is 229 g/mol. The van der Waals surface area contributed by atoms with Gasteiger partial charge in [-0.1, -0.05) is 39.5 Å². The molecule has 0 amide bonds. The van der Waals surface area contributed by atoms with Crippen LogP contribution in [-0.4, -0.2) is 35.0 Å². The summed E-state index contributed by atoms with van der Waals surface area (Å²) in [5.74, 6) is 0.383. The number of hydrogen-bond acceptors (Lipinski definition) is 3.